The van der Waals surface area contributed by atoms with Crippen LogP contribution in [0.2, 0.25) is 0 Å². The minimum Gasteiger partial charge on any atom is -0.293 e. The first-order valence-corrected chi connectivity index (χ1v) is 5.79. The van der Waals surface area contributed by atoms with E-state index in [1.165, 1.54) is 0 Å². The minimum absolute atomic E-state index is 0.183. The van der Waals surface area contributed by atoms with Gasteiger partial charge in [-0.3, -0.25) is 15.1 Å². The van der Waals surface area contributed by atoms with Crippen molar-refractivity contribution in [2.24, 2.45) is 5.84 Å². The molecular weight excluding hydrogens is 270 g/mol. The molecule has 1 unspecified atom stereocenters. The van der Waals surface area contributed by atoms with Gasteiger partial charge in [0.1, 0.15) is 0 Å². The van der Waals surface area contributed by atoms with Crippen LogP contribution < -0.4 is 11.3 Å². The number of halogens is 1. The Kier molecular flexibility index (Phi) is 4.92. The van der Waals surface area contributed by atoms with Crippen molar-refractivity contribution < 1.29 is 4.79 Å². The Bertz CT molecular complexity index is 370. The van der Waals surface area contributed by atoms with Gasteiger partial charge in [0, 0.05) is 11.0 Å². The van der Waals surface area contributed by atoms with Gasteiger partial charge in [-0.1, -0.05) is 28.1 Å². The fourth-order valence-electron chi connectivity index (χ4n) is 1.38. The zero-order valence-corrected chi connectivity index (χ0v) is 11.0. The summed E-state index contributed by atoms with van der Waals surface area (Å²) in [6.45, 7) is 2.52. The smallest absolute Gasteiger partial charge is 0.250 e. The van der Waals surface area contributed by atoms with Gasteiger partial charge in [0.15, 0.2) is 0 Å². The average molecular weight is 286 g/mol. The second-order valence-corrected chi connectivity index (χ2v) is 4.65. The Morgan fingerprint density at radius 2 is 2.31 bits per heavy atom. The summed E-state index contributed by atoms with van der Waals surface area (Å²) in [6.07, 6.45) is 0. The molecule has 0 heterocycles. The number of hydrazine groups is 1. The number of likely N-dealkylation sites (N-methyl/N-ethyl adjacent to an activating group) is 1. The maximum absolute atomic E-state index is 11.3. The van der Waals surface area contributed by atoms with Gasteiger partial charge in [0.05, 0.1) is 6.04 Å². The van der Waals surface area contributed by atoms with Crippen LogP contribution in [0.5, 0.6) is 0 Å². The van der Waals surface area contributed by atoms with Crippen molar-refractivity contribution >= 4 is 21.8 Å². The number of hydrogen-bond donors (Lipinski definition) is 2. The molecule has 0 fully saturated rings. The van der Waals surface area contributed by atoms with Crippen LogP contribution in [0.3, 0.4) is 0 Å². The molecule has 1 amide bonds. The van der Waals surface area contributed by atoms with Gasteiger partial charge in [-0.15, -0.1) is 0 Å². The topological polar surface area (TPSA) is 58.4 Å². The van der Waals surface area contributed by atoms with Gasteiger partial charge in [-0.25, -0.2) is 5.84 Å². The summed E-state index contributed by atoms with van der Waals surface area (Å²) in [5.74, 6) is 4.91. The predicted octanol–water partition coefficient (Wildman–Crippen LogP) is 1.26. The largest absolute Gasteiger partial charge is 0.293 e. The maximum atomic E-state index is 11.3. The molecule has 0 radical (unpaired) electrons. The van der Waals surface area contributed by atoms with E-state index < -0.39 is 0 Å². The van der Waals surface area contributed by atoms with Crippen LogP contribution in [-0.4, -0.2) is 23.9 Å². The normalized spacial score (nSPS) is 12.6. The number of nitrogens with two attached hydrogens (primary N) is 1. The van der Waals surface area contributed by atoms with Crippen LogP contribution in [0, 0.1) is 0 Å². The number of rotatable bonds is 4. The summed E-state index contributed by atoms with van der Waals surface area (Å²) >= 11 is 3.41. The van der Waals surface area contributed by atoms with Gasteiger partial charge in [-0.2, -0.15) is 0 Å². The molecule has 1 rings (SSSR count). The van der Waals surface area contributed by atoms with Gasteiger partial charge >= 0.3 is 0 Å². The van der Waals surface area contributed by atoms with Crippen molar-refractivity contribution in [3.63, 3.8) is 0 Å². The molecule has 4 nitrogen and oxygen atoms in total. The van der Waals surface area contributed by atoms with E-state index in [9.17, 15) is 4.79 Å². The van der Waals surface area contributed by atoms with E-state index in [-0.39, 0.29) is 11.9 Å². The highest BCUT2D eigenvalue weighted by atomic mass is 79.9. The lowest BCUT2D eigenvalue weighted by atomic mass is 10.2. The molecule has 0 saturated carbocycles. The summed E-state index contributed by atoms with van der Waals surface area (Å²) < 4.78 is 1.04. The molecule has 3 N–H and O–H groups in total. The molecule has 1 atom stereocenters. The molecular formula is C11H16BrN3O. The number of carbonyl (C=O) groups is 1. The molecule has 0 aliphatic heterocycles. The number of amides is 1. The lowest BCUT2D eigenvalue weighted by Crippen LogP contribution is -2.45. The highest BCUT2D eigenvalue weighted by molar-refractivity contribution is 9.10. The molecule has 16 heavy (non-hydrogen) atoms. The van der Waals surface area contributed by atoms with E-state index in [4.69, 9.17) is 5.84 Å². The Hall–Kier alpha value is -0.910. The number of nitrogens with zero attached hydrogens (tertiary/aromatic N) is 1. The van der Waals surface area contributed by atoms with Crippen LogP contribution >= 0.6 is 15.9 Å². The fourth-order valence-corrected chi connectivity index (χ4v) is 1.83. The average Bonchev–Trinajstić information content (AvgIpc) is 2.27. The fraction of sp³-hybridized carbons (Fsp3) is 0.364. The second-order valence-electron chi connectivity index (χ2n) is 3.73. The van der Waals surface area contributed by atoms with Crippen molar-refractivity contribution in [2.45, 2.75) is 19.5 Å². The Labute approximate surface area is 104 Å². The summed E-state index contributed by atoms with van der Waals surface area (Å²) in [6, 6.07) is 7.75. The van der Waals surface area contributed by atoms with Crippen LogP contribution in [0.15, 0.2) is 28.7 Å². The molecule has 88 valence electrons. The van der Waals surface area contributed by atoms with Crippen LogP contribution in [-0.2, 0) is 11.3 Å². The minimum atomic E-state index is -0.246. The van der Waals surface area contributed by atoms with Crippen molar-refractivity contribution in [3.05, 3.63) is 34.3 Å². The van der Waals surface area contributed by atoms with E-state index >= 15 is 0 Å². The molecule has 1 aromatic rings. The molecule has 0 saturated heterocycles. The first-order chi connectivity index (χ1) is 7.54. The quantitative estimate of drug-likeness (QED) is 0.498. The van der Waals surface area contributed by atoms with E-state index in [0.29, 0.717) is 6.54 Å². The van der Waals surface area contributed by atoms with Gasteiger partial charge in [-0.05, 0) is 31.7 Å². The number of benzene rings is 1. The molecule has 0 aliphatic carbocycles. The highest BCUT2D eigenvalue weighted by Crippen LogP contribution is 2.13. The van der Waals surface area contributed by atoms with Gasteiger partial charge in [0.25, 0.3) is 5.91 Å². The maximum Gasteiger partial charge on any atom is 0.250 e. The molecule has 0 spiro atoms. The molecule has 1 aromatic carbocycles. The number of carbonyl (C=O) groups excluding carboxylic acids is 1. The number of hydrogen-bond acceptors (Lipinski definition) is 3. The third kappa shape index (κ3) is 3.59. The van der Waals surface area contributed by atoms with Crippen molar-refractivity contribution in [1.82, 2.24) is 10.3 Å². The molecule has 0 aliphatic rings. The summed E-state index contributed by atoms with van der Waals surface area (Å²) in [4.78, 5) is 13.3. The zero-order valence-electron chi connectivity index (χ0n) is 9.40. The summed E-state index contributed by atoms with van der Waals surface area (Å²) in [5.41, 5.74) is 3.30. The van der Waals surface area contributed by atoms with E-state index in [1.807, 2.05) is 43.1 Å². The van der Waals surface area contributed by atoms with Crippen molar-refractivity contribution in [3.8, 4) is 0 Å². The first-order valence-electron chi connectivity index (χ1n) is 4.99. The highest BCUT2D eigenvalue weighted by Gasteiger charge is 2.16. The van der Waals surface area contributed by atoms with E-state index in [1.54, 1.807) is 0 Å². The summed E-state index contributed by atoms with van der Waals surface area (Å²) in [5, 5.41) is 0. The molecule has 0 aromatic heterocycles. The zero-order chi connectivity index (χ0) is 12.1. The van der Waals surface area contributed by atoms with E-state index in [0.717, 1.165) is 10.0 Å². The molecule has 5 heteroatoms. The van der Waals surface area contributed by atoms with Crippen LogP contribution in [0.4, 0.5) is 0 Å². The Balaban J connectivity index is 2.64. The van der Waals surface area contributed by atoms with Gasteiger partial charge in [0.2, 0.25) is 0 Å². The molecule has 0 bridgehead atoms. The van der Waals surface area contributed by atoms with Crippen LogP contribution in [0.25, 0.3) is 0 Å². The van der Waals surface area contributed by atoms with Gasteiger partial charge < -0.3 is 0 Å². The third-order valence-corrected chi connectivity index (χ3v) is 3.00. The van der Waals surface area contributed by atoms with E-state index in [2.05, 4.69) is 21.4 Å². The van der Waals surface area contributed by atoms with Crippen LogP contribution in [0.1, 0.15) is 12.5 Å². The first kappa shape index (κ1) is 13.2. The van der Waals surface area contributed by atoms with Crippen molar-refractivity contribution in [2.75, 3.05) is 7.05 Å². The number of nitrogens with one attached hydrogen (secondary N) is 1. The third-order valence-electron chi connectivity index (χ3n) is 2.50. The monoisotopic (exact) mass is 285 g/mol. The lowest BCUT2D eigenvalue weighted by molar-refractivity contribution is -0.125. The lowest BCUT2D eigenvalue weighted by Gasteiger charge is -2.23. The van der Waals surface area contributed by atoms with Crippen molar-refractivity contribution in [1.29, 1.82) is 0 Å². The Morgan fingerprint density at radius 3 is 2.88 bits per heavy atom. The summed E-state index contributed by atoms with van der Waals surface area (Å²) in [7, 11) is 1.89. The predicted molar refractivity (Wildman–Crippen MR) is 67.4 cm³/mol. The Morgan fingerprint density at radius 1 is 1.62 bits per heavy atom. The second kappa shape index (κ2) is 5.98. The standard InChI is InChI=1S/C11H16BrN3O/c1-8(11(16)14-13)15(2)7-9-4-3-5-10(12)6-9/h3-6,8H,7,13H2,1-2H3,(H,14,16). The SMILES string of the molecule is CC(C(=O)NN)N(C)Cc1cccc(Br)c1.